The molecule has 3 aromatic heterocycles. The number of carbonyl (C=O) groups is 1. The van der Waals surface area contributed by atoms with Gasteiger partial charge in [-0.15, -0.1) is 4.80 Å². The fourth-order valence-corrected chi connectivity index (χ4v) is 5.87. The van der Waals surface area contributed by atoms with Crippen molar-refractivity contribution in [3.05, 3.63) is 68.4 Å². The van der Waals surface area contributed by atoms with Gasteiger partial charge in [0.15, 0.2) is 5.78 Å². The van der Waals surface area contributed by atoms with Crippen LogP contribution in [0.15, 0.2) is 40.2 Å². The van der Waals surface area contributed by atoms with E-state index >= 15 is 0 Å². The molecule has 2 atom stereocenters. The van der Waals surface area contributed by atoms with Gasteiger partial charge in [-0.3, -0.25) is 14.2 Å². The number of thiophene rings is 1. The van der Waals surface area contributed by atoms with E-state index < -0.39 is 29.2 Å². The van der Waals surface area contributed by atoms with Gasteiger partial charge in [0.2, 0.25) is 0 Å². The molecule has 0 aliphatic rings. The van der Waals surface area contributed by atoms with Crippen LogP contribution in [-0.4, -0.2) is 43.6 Å². The minimum Gasteiger partial charge on any atom is -0.496 e. The topological polar surface area (TPSA) is 110 Å². The molecule has 0 aliphatic carbocycles. The lowest BCUT2D eigenvalue weighted by Gasteiger charge is -2.23. The lowest BCUT2D eigenvalue weighted by atomic mass is 10.0. The highest BCUT2D eigenvalue weighted by Crippen LogP contribution is 2.34. The molecular formula is C27H32FN5O5S. The maximum absolute atomic E-state index is 14.3. The Morgan fingerprint density at radius 3 is 2.46 bits per heavy atom. The summed E-state index contributed by atoms with van der Waals surface area (Å²) >= 11 is 1.19. The van der Waals surface area contributed by atoms with Gasteiger partial charge in [-0.1, -0.05) is 25.2 Å². The van der Waals surface area contributed by atoms with Crippen molar-refractivity contribution in [1.29, 1.82) is 0 Å². The van der Waals surface area contributed by atoms with Crippen molar-refractivity contribution in [1.82, 2.24) is 24.1 Å². The number of aromatic nitrogens is 5. The first-order valence-electron chi connectivity index (χ1n) is 12.7. The highest BCUT2D eigenvalue weighted by Gasteiger charge is 2.28. The molecule has 4 aromatic rings. The highest BCUT2D eigenvalue weighted by molar-refractivity contribution is 7.21. The number of hydrogen-bond donors (Lipinski definition) is 0. The molecule has 0 fully saturated rings. The standard InChI is InChI=1S/C27H32FN5O5S/c1-7-38-22(19-13-18(28)8-9-21(19)37-6)14-31-26-23(16(4)25(39-26)33-29-10-11-30-33)24(35)32(27(31)36)17(5)20(34)12-15(2)3/h8-11,13,15,17,22H,7,12,14H2,1-6H3/t17?,22-/m0/s1. The predicted molar refractivity (Wildman–Crippen MR) is 146 cm³/mol. The van der Waals surface area contributed by atoms with Gasteiger partial charge >= 0.3 is 5.69 Å². The molecule has 0 N–H and O–H groups in total. The minimum atomic E-state index is -0.983. The second-order valence-electron chi connectivity index (χ2n) is 9.67. The van der Waals surface area contributed by atoms with Gasteiger partial charge in [0.1, 0.15) is 27.5 Å². The Morgan fingerprint density at radius 1 is 1.15 bits per heavy atom. The third-order valence-corrected chi connectivity index (χ3v) is 7.82. The number of fused-ring (bicyclic) bond motifs is 1. The number of methoxy groups -OCH3 is 1. The first-order valence-corrected chi connectivity index (χ1v) is 13.5. The Morgan fingerprint density at radius 2 is 1.85 bits per heavy atom. The number of carbonyl (C=O) groups excluding carboxylic acids is 1. The third kappa shape index (κ3) is 5.44. The smallest absolute Gasteiger partial charge is 0.332 e. The van der Waals surface area contributed by atoms with E-state index in [9.17, 15) is 18.8 Å². The molecule has 1 aromatic carbocycles. The molecule has 0 spiro atoms. The van der Waals surface area contributed by atoms with Gasteiger partial charge in [0.25, 0.3) is 5.56 Å². The summed E-state index contributed by atoms with van der Waals surface area (Å²) in [7, 11) is 1.47. The Kier molecular flexibility index (Phi) is 8.45. The summed E-state index contributed by atoms with van der Waals surface area (Å²) < 4.78 is 28.2. The number of nitrogens with zero attached hydrogens (tertiary/aromatic N) is 5. The molecule has 1 unspecified atom stereocenters. The van der Waals surface area contributed by atoms with Crippen molar-refractivity contribution in [3.8, 4) is 10.8 Å². The number of halogens is 1. The van der Waals surface area contributed by atoms with Crippen LogP contribution in [0.5, 0.6) is 5.75 Å². The van der Waals surface area contributed by atoms with Gasteiger partial charge in [-0.25, -0.2) is 13.8 Å². The van der Waals surface area contributed by atoms with Gasteiger partial charge < -0.3 is 9.47 Å². The fourth-order valence-electron chi connectivity index (χ4n) is 4.65. The number of ether oxygens (including phenoxy) is 2. The number of aryl methyl sites for hydroxylation is 1. The normalized spacial score (nSPS) is 13.2. The zero-order valence-electron chi connectivity index (χ0n) is 22.8. The maximum atomic E-state index is 14.3. The predicted octanol–water partition coefficient (Wildman–Crippen LogP) is 4.22. The molecule has 0 bridgehead atoms. The van der Waals surface area contributed by atoms with E-state index in [0.29, 0.717) is 26.7 Å². The Labute approximate surface area is 228 Å². The molecule has 10 nitrogen and oxygen atoms in total. The van der Waals surface area contributed by atoms with Crippen LogP contribution in [0, 0.1) is 18.7 Å². The molecule has 0 saturated heterocycles. The maximum Gasteiger partial charge on any atom is 0.332 e. The molecule has 0 amide bonds. The van der Waals surface area contributed by atoms with Crippen molar-refractivity contribution in [2.24, 2.45) is 5.92 Å². The van der Waals surface area contributed by atoms with Crippen LogP contribution in [0.2, 0.25) is 0 Å². The fraction of sp³-hybridized carbons (Fsp3) is 0.444. The number of benzene rings is 1. The summed E-state index contributed by atoms with van der Waals surface area (Å²) in [6.07, 6.45) is 2.47. The molecule has 39 heavy (non-hydrogen) atoms. The molecule has 0 aliphatic heterocycles. The van der Waals surface area contributed by atoms with Gasteiger partial charge in [-0.2, -0.15) is 10.2 Å². The van der Waals surface area contributed by atoms with Crippen molar-refractivity contribution in [3.63, 3.8) is 0 Å². The van der Waals surface area contributed by atoms with Crippen molar-refractivity contribution in [2.45, 2.75) is 59.7 Å². The molecule has 12 heteroatoms. The van der Waals surface area contributed by atoms with Crippen molar-refractivity contribution in [2.75, 3.05) is 13.7 Å². The van der Waals surface area contributed by atoms with Gasteiger partial charge in [0, 0.05) is 24.2 Å². The monoisotopic (exact) mass is 557 g/mol. The summed E-state index contributed by atoms with van der Waals surface area (Å²) in [6, 6.07) is 3.11. The van der Waals surface area contributed by atoms with E-state index in [2.05, 4.69) is 10.2 Å². The summed E-state index contributed by atoms with van der Waals surface area (Å²) in [6.45, 7) is 9.14. The zero-order chi connectivity index (χ0) is 28.4. The van der Waals surface area contributed by atoms with Gasteiger partial charge in [0.05, 0.1) is 37.5 Å². The van der Waals surface area contributed by atoms with E-state index in [-0.39, 0.29) is 36.7 Å². The largest absolute Gasteiger partial charge is 0.496 e. The molecular weight excluding hydrogens is 525 g/mol. The van der Waals surface area contributed by atoms with Gasteiger partial charge in [-0.05, 0) is 44.9 Å². The summed E-state index contributed by atoms with van der Waals surface area (Å²) in [4.78, 5) is 42.6. The lowest BCUT2D eigenvalue weighted by Crippen LogP contribution is -2.44. The average molecular weight is 558 g/mol. The van der Waals surface area contributed by atoms with Crippen molar-refractivity contribution >= 4 is 27.3 Å². The highest BCUT2D eigenvalue weighted by atomic mass is 32.1. The molecule has 208 valence electrons. The number of hydrogen-bond acceptors (Lipinski definition) is 8. The van der Waals surface area contributed by atoms with Crippen LogP contribution in [0.1, 0.15) is 57.4 Å². The number of rotatable bonds is 11. The summed E-state index contributed by atoms with van der Waals surface area (Å²) in [5.74, 6) is -0.239. The zero-order valence-corrected chi connectivity index (χ0v) is 23.6. The van der Waals surface area contributed by atoms with E-state index in [0.717, 1.165) is 4.57 Å². The van der Waals surface area contributed by atoms with Crippen molar-refractivity contribution < 1.29 is 18.7 Å². The first-order chi connectivity index (χ1) is 18.6. The second-order valence-corrected chi connectivity index (χ2v) is 10.6. The SMILES string of the molecule is CCO[C@@H](Cn1c(=O)n(C(C)C(=O)CC(C)C)c(=O)c2c(C)c(-n3nccn3)sc21)c1cc(F)ccc1OC. The van der Waals surface area contributed by atoms with E-state index in [1.165, 1.54) is 58.4 Å². The first kappa shape index (κ1) is 28.4. The Balaban J connectivity index is 2.00. The molecule has 4 rings (SSSR count). The molecule has 0 saturated carbocycles. The van der Waals surface area contributed by atoms with Crippen LogP contribution in [-0.2, 0) is 16.1 Å². The lowest BCUT2D eigenvalue weighted by molar-refractivity contribution is -0.122. The number of Topliss-reactive ketones (excluding diaryl/α,β-unsaturated/α-hetero) is 1. The molecule has 3 heterocycles. The van der Waals surface area contributed by atoms with Crippen LogP contribution in [0.4, 0.5) is 4.39 Å². The minimum absolute atomic E-state index is 0.0553. The summed E-state index contributed by atoms with van der Waals surface area (Å²) in [5, 5.41) is 9.25. The molecule has 0 radical (unpaired) electrons. The third-order valence-electron chi connectivity index (χ3n) is 6.54. The average Bonchev–Trinajstić information content (AvgIpc) is 3.53. The van der Waals surface area contributed by atoms with E-state index in [4.69, 9.17) is 9.47 Å². The van der Waals surface area contributed by atoms with E-state index in [1.54, 1.807) is 20.8 Å². The Hall–Kier alpha value is -3.64. The summed E-state index contributed by atoms with van der Waals surface area (Å²) in [5.41, 5.74) is -0.209. The van der Waals surface area contributed by atoms with Crippen LogP contribution >= 0.6 is 11.3 Å². The quantitative estimate of drug-likeness (QED) is 0.272. The Bertz CT molecular complexity index is 1610. The van der Waals surface area contributed by atoms with E-state index in [1.807, 2.05) is 13.8 Å². The number of ketones is 1. The second kappa shape index (κ2) is 11.6. The van der Waals surface area contributed by atoms with Crippen LogP contribution in [0.3, 0.4) is 0 Å². The van der Waals surface area contributed by atoms with Crippen LogP contribution < -0.4 is 16.0 Å². The van der Waals surface area contributed by atoms with Crippen LogP contribution in [0.25, 0.3) is 15.2 Å².